The molecule has 3 aromatic carbocycles. The molecule has 0 atom stereocenters. The highest BCUT2D eigenvalue weighted by Gasteiger charge is 2.14. The summed E-state index contributed by atoms with van der Waals surface area (Å²) in [6, 6.07) is 19.6. The fourth-order valence-electron chi connectivity index (χ4n) is 2.93. The number of anilines is 2. The van der Waals surface area contributed by atoms with Gasteiger partial charge in [0.05, 0.1) is 5.02 Å². The number of rotatable bonds is 6. The Morgan fingerprint density at radius 1 is 0.938 bits per heavy atom. The third-order valence-electron chi connectivity index (χ3n) is 4.67. The van der Waals surface area contributed by atoms with Gasteiger partial charge < -0.3 is 15.4 Å². The lowest BCUT2D eigenvalue weighted by Gasteiger charge is -2.19. The molecule has 3 aromatic rings. The van der Waals surface area contributed by atoms with Crippen LogP contribution in [0.3, 0.4) is 0 Å². The van der Waals surface area contributed by atoms with Crippen LogP contribution in [0.4, 0.5) is 11.4 Å². The van der Waals surface area contributed by atoms with Crippen LogP contribution in [-0.2, 0) is 10.2 Å². The van der Waals surface area contributed by atoms with Gasteiger partial charge in [0.1, 0.15) is 5.75 Å². The van der Waals surface area contributed by atoms with Crippen LogP contribution in [0.5, 0.6) is 5.75 Å². The maximum atomic E-state index is 12.6. The second-order valence-electron chi connectivity index (χ2n) is 8.27. The van der Waals surface area contributed by atoms with Crippen LogP contribution in [0.1, 0.15) is 36.7 Å². The Morgan fingerprint density at radius 3 is 2.22 bits per heavy atom. The molecule has 2 amide bonds. The fourth-order valence-corrected chi connectivity index (χ4v) is 3.66. The van der Waals surface area contributed by atoms with Crippen molar-refractivity contribution < 1.29 is 14.3 Å². The van der Waals surface area contributed by atoms with Gasteiger partial charge in [0.2, 0.25) is 0 Å². The minimum absolute atomic E-state index is 0.0218. The summed E-state index contributed by atoms with van der Waals surface area (Å²) in [5.74, 6) is -0.143. The Morgan fingerprint density at radius 2 is 1.59 bits per heavy atom. The smallest absolute Gasteiger partial charge is 0.262 e. The van der Waals surface area contributed by atoms with Gasteiger partial charge in [0.25, 0.3) is 11.8 Å². The van der Waals surface area contributed by atoms with E-state index in [1.54, 1.807) is 42.5 Å². The first-order valence-electron chi connectivity index (χ1n) is 10.0. The highest BCUT2D eigenvalue weighted by atomic mass is 79.9. The van der Waals surface area contributed by atoms with Crippen molar-refractivity contribution in [2.75, 3.05) is 17.2 Å². The molecule has 0 spiro atoms. The second-order valence-corrected chi connectivity index (χ2v) is 9.60. The van der Waals surface area contributed by atoms with E-state index in [1.165, 1.54) is 0 Å². The number of carbonyl (C=O) groups is 2. The van der Waals surface area contributed by atoms with E-state index in [0.29, 0.717) is 27.7 Å². The SMILES string of the molecule is CC(C)(C)c1ccc(C(=O)Nc2cccc(NC(=O)COc3ccc(Br)cc3Cl)c2)cc1. The summed E-state index contributed by atoms with van der Waals surface area (Å²) in [5.41, 5.74) is 2.86. The van der Waals surface area contributed by atoms with Crippen LogP contribution < -0.4 is 15.4 Å². The number of carbonyl (C=O) groups excluding carboxylic acids is 2. The molecule has 0 saturated heterocycles. The average Bonchev–Trinajstić information content (AvgIpc) is 2.73. The number of halogens is 2. The molecule has 5 nitrogen and oxygen atoms in total. The molecular formula is C25H24BrClN2O3. The molecule has 0 unspecified atom stereocenters. The van der Waals surface area contributed by atoms with E-state index in [2.05, 4.69) is 47.3 Å². The zero-order valence-corrected chi connectivity index (χ0v) is 20.4. The molecule has 2 N–H and O–H groups in total. The molecule has 0 bridgehead atoms. The molecule has 0 aliphatic carbocycles. The van der Waals surface area contributed by atoms with E-state index < -0.39 is 0 Å². The molecule has 0 aliphatic heterocycles. The normalized spacial score (nSPS) is 11.0. The quantitative estimate of drug-likeness (QED) is 0.385. The van der Waals surface area contributed by atoms with Gasteiger partial charge in [-0.25, -0.2) is 0 Å². The number of amides is 2. The van der Waals surface area contributed by atoms with Crippen molar-refractivity contribution in [2.24, 2.45) is 0 Å². The van der Waals surface area contributed by atoms with Crippen LogP contribution in [0.2, 0.25) is 5.02 Å². The van der Waals surface area contributed by atoms with E-state index in [0.717, 1.165) is 10.0 Å². The van der Waals surface area contributed by atoms with E-state index in [-0.39, 0.29) is 23.8 Å². The summed E-state index contributed by atoms with van der Waals surface area (Å²) in [4.78, 5) is 24.8. The van der Waals surface area contributed by atoms with Crippen LogP contribution in [-0.4, -0.2) is 18.4 Å². The minimum Gasteiger partial charge on any atom is -0.482 e. The number of hydrogen-bond acceptors (Lipinski definition) is 3. The van der Waals surface area contributed by atoms with Crippen LogP contribution in [0.15, 0.2) is 71.2 Å². The standard InChI is InChI=1S/C25H24BrClN2O3/c1-25(2,3)17-9-7-16(8-10-17)24(31)29-20-6-4-5-19(14-20)28-23(30)15-32-22-12-11-18(26)13-21(22)27/h4-14H,15H2,1-3H3,(H,28,30)(H,29,31). The fraction of sp³-hybridized carbons (Fsp3) is 0.200. The highest BCUT2D eigenvalue weighted by Crippen LogP contribution is 2.28. The lowest BCUT2D eigenvalue weighted by Crippen LogP contribution is -2.20. The monoisotopic (exact) mass is 514 g/mol. The molecule has 0 saturated carbocycles. The maximum absolute atomic E-state index is 12.6. The first kappa shape index (κ1) is 23.8. The number of nitrogens with one attached hydrogen (secondary N) is 2. The van der Waals surface area contributed by atoms with Crippen LogP contribution >= 0.6 is 27.5 Å². The summed E-state index contributed by atoms with van der Waals surface area (Å²) < 4.78 is 6.30. The summed E-state index contributed by atoms with van der Waals surface area (Å²) in [6.45, 7) is 6.18. The zero-order chi connectivity index (χ0) is 23.3. The molecule has 7 heteroatoms. The highest BCUT2D eigenvalue weighted by molar-refractivity contribution is 9.10. The Hall–Kier alpha value is -2.83. The van der Waals surface area contributed by atoms with Crippen molar-refractivity contribution in [2.45, 2.75) is 26.2 Å². The Bertz CT molecular complexity index is 1120. The van der Waals surface area contributed by atoms with E-state index in [1.807, 2.05) is 24.3 Å². The third-order valence-corrected chi connectivity index (χ3v) is 5.46. The first-order valence-corrected chi connectivity index (χ1v) is 11.2. The molecule has 0 fully saturated rings. The van der Waals surface area contributed by atoms with Gasteiger partial charge in [-0.05, 0) is 59.5 Å². The van der Waals surface area contributed by atoms with Gasteiger partial charge in [0.15, 0.2) is 6.61 Å². The number of benzene rings is 3. The summed E-state index contributed by atoms with van der Waals surface area (Å²) in [6.07, 6.45) is 0. The largest absolute Gasteiger partial charge is 0.482 e. The first-order chi connectivity index (χ1) is 15.1. The van der Waals surface area contributed by atoms with Crippen molar-refractivity contribution in [1.29, 1.82) is 0 Å². The second kappa shape index (κ2) is 10.2. The van der Waals surface area contributed by atoms with E-state index in [4.69, 9.17) is 16.3 Å². The van der Waals surface area contributed by atoms with Crippen molar-refractivity contribution >= 4 is 50.7 Å². The van der Waals surface area contributed by atoms with Gasteiger partial charge in [-0.3, -0.25) is 9.59 Å². The van der Waals surface area contributed by atoms with Gasteiger partial charge >= 0.3 is 0 Å². The van der Waals surface area contributed by atoms with Crippen molar-refractivity contribution in [3.05, 3.63) is 87.4 Å². The maximum Gasteiger partial charge on any atom is 0.262 e. The van der Waals surface area contributed by atoms with E-state index in [9.17, 15) is 9.59 Å². The Balaban J connectivity index is 1.58. The molecule has 0 heterocycles. The molecule has 0 aromatic heterocycles. The molecule has 3 rings (SSSR count). The molecule has 0 aliphatic rings. The number of ether oxygens (including phenoxy) is 1. The lowest BCUT2D eigenvalue weighted by atomic mass is 9.87. The summed E-state index contributed by atoms with van der Waals surface area (Å²) >= 11 is 9.42. The van der Waals surface area contributed by atoms with Gasteiger partial charge in [-0.2, -0.15) is 0 Å². The van der Waals surface area contributed by atoms with Crippen LogP contribution in [0, 0.1) is 0 Å². The Labute approximate surface area is 201 Å². The topological polar surface area (TPSA) is 67.4 Å². The number of hydrogen-bond donors (Lipinski definition) is 2. The molecule has 32 heavy (non-hydrogen) atoms. The summed E-state index contributed by atoms with van der Waals surface area (Å²) in [5, 5.41) is 6.02. The van der Waals surface area contributed by atoms with Crippen molar-refractivity contribution in [1.82, 2.24) is 0 Å². The predicted octanol–water partition coefficient (Wildman–Crippen LogP) is 6.67. The lowest BCUT2D eigenvalue weighted by molar-refractivity contribution is -0.118. The van der Waals surface area contributed by atoms with Gasteiger partial charge in [0, 0.05) is 21.4 Å². The predicted molar refractivity (Wildman–Crippen MR) is 133 cm³/mol. The van der Waals surface area contributed by atoms with Crippen molar-refractivity contribution in [3.8, 4) is 5.75 Å². The molecular weight excluding hydrogens is 492 g/mol. The molecule has 166 valence electrons. The van der Waals surface area contributed by atoms with Crippen LogP contribution in [0.25, 0.3) is 0 Å². The van der Waals surface area contributed by atoms with Gasteiger partial charge in [-0.1, -0.05) is 66.5 Å². The third kappa shape index (κ3) is 6.58. The Kier molecular flexibility index (Phi) is 7.59. The van der Waals surface area contributed by atoms with Crippen molar-refractivity contribution in [3.63, 3.8) is 0 Å². The minimum atomic E-state index is -0.342. The van der Waals surface area contributed by atoms with Gasteiger partial charge in [-0.15, -0.1) is 0 Å². The zero-order valence-electron chi connectivity index (χ0n) is 18.0. The summed E-state index contributed by atoms with van der Waals surface area (Å²) in [7, 11) is 0. The van der Waals surface area contributed by atoms with E-state index >= 15 is 0 Å². The molecule has 0 radical (unpaired) electrons. The average molecular weight is 516 g/mol.